The number of carbonyl (C=O) groups is 2. The number of thiazole rings is 1. The Morgan fingerprint density at radius 2 is 2.03 bits per heavy atom. The largest absolute Gasteiger partial charge is 0.411 e. The first kappa shape index (κ1) is 23.1. The molecule has 0 aliphatic heterocycles. The second kappa shape index (κ2) is 10.6. The van der Waals surface area contributed by atoms with Crippen LogP contribution in [-0.2, 0) is 11.8 Å². The molecule has 1 aromatic carbocycles. The topological polar surface area (TPSA) is 102 Å². The number of rotatable bonds is 9. The highest BCUT2D eigenvalue weighted by atomic mass is 32.2. The molecule has 0 saturated heterocycles. The number of nitrogens with one attached hydrogen (secondary N) is 2. The van der Waals surface area contributed by atoms with Gasteiger partial charge in [0.15, 0.2) is 3.95 Å². The molecule has 0 saturated carbocycles. The van der Waals surface area contributed by atoms with E-state index in [0.29, 0.717) is 26.8 Å². The number of carbonyl (C=O) groups excluding carboxylic acids is 2. The van der Waals surface area contributed by atoms with Crippen molar-refractivity contribution in [2.75, 3.05) is 17.6 Å². The molecule has 0 unspecified atom stereocenters. The maximum Gasteiger partial charge on any atom is 0.277 e. The zero-order valence-corrected chi connectivity index (χ0v) is 19.3. The first-order valence-electron chi connectivity index (χ1n) is 9.39. The lowest BCUT2D eigenvalue weighted by Crippen LogP contribution is -2.28. The van der Waals surface area contributed by atoms with Gasteiger partial charge in [-0.15, -0.1) is 10.2 Å². The first-order valence-corrected chi connectivity index (χ1v) is 11.6. The third kappa shape index (κ3) is 5.99. The average Bonchev–Trinajstić information content (AvgIpc) is 3.32. The molecule has 0 atom stereocenters. The van der Waals surface area contributed by atoms with E-state index in [9.17, 15) is 14.0 Å². The minimum Gasteiger partial charge on any atom is -0.411 e. The summed E-state index contributed by atoms with van der Waals surface area (Å²) in [5.74, 6) is -0.763. The smallest absolute Gasteiger partial charge is 0.277 e. The lowest BCUT2D eigenvalue weighted by atomic mass is 10.2. The Labute approximate surface area is 191 Å². The number of aromatic nitrogens is 3. The highest BCUT2D eigenvalue weighted by Crippen LogP contribution is 2.26. The number of unbranched alkanes of at least 4 members (excludes halogenated alkanes) is 1. The zero-order valence-electron chi connectivity index (χ0n) is 16.8. The van der Waals surface area contributed by atoms with Crippen LogP contribution in [0.5, 0.6) is 0 Å². The molecule has 8 nitrogen and oxygen atoms in total. The molecular weight excluding hydrogens is 461 g/mol. The quantitative estimate of drug-likeness (QED) is 0.267. The normalized spacial score (nSPS) is 10.8. The molecule has 0 aliphatic carbocycles. The van der Waals surface area contributed by atoms with E-state index in [1.54, 1.807) is 11.6 Å². The molecule has 0 radical (unpaired) electrons. The van der Waals surface area contributed by atoms with Gasteiger partial charge in [-0.05, 0) is 42.9 Å². The van der Waals surface area contributed by atoms with E-state index in [4.69, 9.17) is 16.6 Å². The van der Waals surface area contributed by atoms with Crippen LogP contribution in [0.4, 0.5) is 9.39 Å². The molecule has 12 heteroatoms. The summed E-state index contributed by atoms with van der Waals surface area (Å²) in [6, 6.07) is 5.65. The van der Waals surface area contributed by atoms with Crippen molar-refractivity contribution < 1.29 is 18.4 Å². The maximum absolute atomic E-state index is 13.0. The van der Waals surface area contributed by atoms with Crippen molar-refractivity contribution in [1.29, 1.82) is 0 Å². The van der Waals surface area contributed by atoms with E-state index in [1.165, 1.54) is 24.3 Å². The predicted molar refractivity (Wildman–Crippen MR) is 120 cm³/mol. The number of hydrogen-bond acceptors (Lipinski definition) is 8. The van der Waals surface area contributed by atoms with Crippen LogP contribution < -0.4 is 10.6 Å². The number of amides is 2. The average molecular weight is 482 g/mol. The second-order valence-electron chi connectivity index (χ2n) is 6.43. The van der Waals surface area contributed by atoms with Gasteiger partial charge in [0.1, 0.15) is 16.5 Å². The summed E-state index contributed by atoms with van der Waals surface area (Å²) in [5, 5.41) is 14.0. The van der Waals surface area contributed by atoms with E-state index in [-0.39, 0.29) is 34.5 Å². The van der Waals surface area contributed by atoms with Crippen LogP contribution in [0.15, 0.2) is 33.9 Å². The Bertz CT molecular complexity index is 1120. The number of thioether (sulfide) groups is 1. The maximum atomic E-state index is 13.0. The third-order valence-electron chi connectivity index (χ3n) is 4.12. The Hall–Kier alpha value is -2.57. The summed E-state index contributed by atoms with van der Waals surface area (Å²) >= 11 is 7.46. The van der Waals surface area contributed by atoms with Crippen molar-refractivity contribution in [1.82, 2.24) is 20.1 Å². The van der Waals surface area contributed by atoms with Gasteiger partial charge in [0.25, 0.3) is 11.1 Å². The minimum atomic E-state index is -0.364. The molecule has 164 valence electrons. The molecule has 2 N–H and O–H groups in total. The van der Waals surface area contributed by atoms with Gasteiger partial charge in [-0.25, -0.2) is 4.39 Å². The molecule has 3 aromatic rings. The van der Waals surface area contributed by atoms with Gasteiger partial charge < -0.3 is 19.6 Å². The molecule has 31 heavy (non-hydrogen) atoms. The fraction of sp³-hybridized carbons (Fsp3) is 0.316. The van der Waals surface area contributed by atoms with Crippen LogP contribution in [0.1, 0.15) is 30.3 Å². The molecule has 0 fully saturated rings. The van der Waals surface area contributed by atoms with Gasteiger partial charge in [-0.1, -0.05) is 36.4 Å². The summed E-state index contributed by atoms with van der Waals surface area (Å²) in [7, 11) is 1.69. The number of halogens is 1. The summed E-state index contributed by atoms with van der Waals surface area (Å²) in [6.45, 7) is 2.59. The van der Waals surface area contributed by atoms with Crippen LogP contribution in [0.3, 0.4) is 0 Å². The van der Waals surface area contributed by atoms with Gasteiger partial charge in [0.2, 0.25) is 11.8 Å². The van der Waals surface area contributed by atoms with E-state index in [2.05, 4.69) is 20.8 Å². The summed E-state index contributed by atoms with van der Waals surface area (Å²) in [6.07, 6.45) is 1.82. The second-order valence-corrected chi connectivity index (χ2v) is 9.00. The third-order valence-corrected chi connectivity index (χ3v) is 6.41. The number of nitrogens with zero attached hydrogens (tertiary/aromatic N) is 3. The Balaban J connectivity index is 1.61. The fourth-order valence-corrected chi connectivity index (χ4v) is 4.32. The van der Waals surface area contributed by atoms with Crippen LogP contribution >= 0.6 is 35.3 Å². The lowest BCUT2D eigenvalue weighted by molar-refractivity contribution is -0.113. The van der Waals surface area contributed by atoms with Gasteiger partial charge in [0.05, 0.1) is 5.75 Å². The van der Waals surface area contributed by atoms with Crippen LogP contribution in [0, 0.1) is 9.77 Å². The molecule has 2 aromatic heterocycles. The summed E-state index contributed by atoms with van der Waals surface area (Å²) in [4.78, 5) is 24.9. The van der Waals surface area contributed by atoms with Crippen molar-refractivity contribution >= 4 is 52.1 Å². The molecule has 2 heterocycles. The number of hydrogen-bond donors (Lipinski definition) is 2. The van der Waals surface area contributed by atoms with Crippen LogP contribution in [0.2, 0.25) is 0 Å². The van der Waals surface area contributed by atoms with Crippen molar-refractivity contribution in [2.24, 2.45) is 7.05 Å². The molecular formula is C19H20FN5O3S3. The molecule has 0 bridgehead atoms. The van der Waals surface area contributed by atoms with Gasteiger partial charge in [0, 0.05) is 19.2 Å². The minimum absolute atomic E-state index is 0.00365. The van der Waals surface area contributed by atoms with Gasteiger partial charge in [-0.3, -0.25) is 9.59 Å². The Morgan fingerprint density at radius 1 is 1.29 bits per heavy atom. The van der Waals surface area contributed by atoms with Crippen molar-refractivity contribution in [2.45, 2.75) is 25.0 Å². The zero-order chi connectivity index (χ0) is 22.4. The molecule has 0 aliphatic rings. The van der Waals surface area contributed by atoms with E-state index >= 15 is 0 Å². The van der Waals surface area contributed by atoms with E-state index in [1.807, 2.05) is 6.92 Å². The van der Waals surface area contributed by atoms with Gasteiger partial charge in [-0.2, -0.15) is 0 Å². The van der Waals surface area contributed by atoms with Crippen molar-refractivity contribution in [3.05, 3.63) is 39.7 Å². The van der Waals surface area contributed by atoms with Gasteiger partial charge >= 0.3 is 0 Å². The first-order chi connectivity index (χ1) is 14.9. The highest BCUT2D eigenvalue weighted by molar-refractivity contribution is 7.99. The SMILES string of the molecule is CCCCNC(=O)c1c(NC(=O)CSc2nnc(-c3ccc(F)cc3)o2)sc(=S)n1C. The van der Waals surface area contributed by atoms with Crippen LogP contribution in [-0.4, -0.2) is 38.9 Å². The van der Waals surface area contributed by atoms with E-state index < -0.39 is 0 Å². The lowest BCUT2D eigenvalue weighted by Gasteiger charge is -2.08. The molecule has 3 rings (SSSR count). The standard InChI is InChI=1S/C19H20FN5O3S3/c1-3-4-9-21-15(27)14-17(31-19(29)25(14)2)22-13(26)10-30-18-24-23-16(28-18)11-5-7-12(20)8-6-11/h5-8H,3-4,9-10H2,1-2H3,(H,21,27)(H,22,26). The van der Waals surface area contributed by atoms with Crippen molar-refractivity contribution in [3.63, 3.8) is 0 Å². The highest BCUT2D eigenvalue weighted by Gasteiger charge is 2.20. The number of anilines is 1. The summed E-state index contributed by atoms with van der Waals surface area (Å²) < 4.78 is 20.6. The Kier molecular flexibility index (Phi) is 7.93. The predicted octanol–water partition coefficient (Wildman–Crippen LogP) is 4.27. The summed E-state index contributed by atoms with van der Waals surface area (Å²) in [5.41, 5.74) is 0.897. The van der Waals surface area contributed by atoms with Crippen molar-refractivity contribution in [3.8, 4) is 11.5 Å². The number of benzene rings is 1. The molecule has 2 amide bonds. The fourth-order valence-electron chi connectivity index (χ4n) is 2.52. The molecule has 0 spiro atoms. The van der Waals surface area contributed by atoms with Crippen LogP contribution in [0.25, 0.3) is 11.5 Å². The monoisotopic (exact) mass is 481 g/mol. The van der Waals surface area contributed by atoms with E-state index in [0.717, 1.165) is 35.9 Å². The Morgan fingerprint density at radius 3 is 2.74 bits per heavy atom.